The third-order valence-electron chi connectivity index (χ3n) is 4.12. The number of ether oxygens (including phenoxy) is 1. The van der Waals surface area contributed by atoms with Gasteiger partial charge in [-0.25, -0.2) is 4.79 Å². The lowest BCUT2D eigenvalue weighted by atomic mass is 9.78. The van der Waals surface area contributed by atoms with Crippen molar-refractivity contribution >= 4 is 18.5 Å². The summed E-state index contributed by atoms with van der Waals surface area (Å²) < 4.78 is 4.93. The van der Waals surface area contributed by atoms with E-state index in [9.17, 15) is 9.90 Å². The Morgan fingerprint density at radius 2 is 1.74 bits per heavy atom. The van der Waals surface area contributed by atoms with E-state index in [4.69, 9.17) is 4.74 Å². The zero-order chi connectivity index (χ0) is 16.7. The molecule has 1 heterocycles. The van der Waals surface area contributed by atoms with Gasteiger partial charge >= 0.3 is 6.09 Å². The maximum atomic E-state index is 11.5. The van der Waals surface area contributed by atoms with Crippen LogP contribution in [0.1, 0.15) is 70.7 Å². The molecule has 4 nitrogen and oxygen atoms in total. The highest BCUT2D eigenvalue weighted by Gasteiger charge is 2.30. The Labute approximate surface area is 145 Å². The monoisotopic (exact) mass is 341 g/mol. The number of alkyl carbamates (subject to hydrolysis) is 1. The van der Waals surface area contributed by atoms with Crippen molar-refractivity contribution in [3.05, 3.63) is 28.8 Å². The van der Waals surface area contributed by atoms with Crippen LogP contribution in [0, 0.1) is 0 Å². The van der Waals surface area contributed by atoms with Gasteiger partial charge < -0.3 is 15.2 Å². The topological polar surface area (TPSA) is 58.6 Å². The van der Waals surface area contributed by atoms with Crippen molar-refractivity contribution in [2.24, 2.45) is 0 Å². The van der Waals surface area contributed by atoms with Crippen LogP contribution in [0.25, 0.3) is 0 Å². The van der Waals surface area contributed by atoms with Crippen molar-refractivity contribution in [3.8, 4) is 5.75 Å². The summed E-state index contributed by atoms with van der Waals surface area (Å²) in [7, 11) is 0. The number of phenols is 1. The van der Waals surface area contributed by atoms with Gasteiger partial charge in [0, 0.05) is 12.0 Å². The van der Waals surface area contributed by atoms with E-state index in [1.54, 1.807) is 0 Å². The third-order valence-corrected chi connectivity index (χ3v) is 4.12. The molecule has 0 aliphatic carbocycles. The van der Waals surface area contributed by atoms with Gasteiger partial charge in [-0.1, -0.05) is 47.6 Å². The molecule has 1 aromatic rings. The van der Waals surface area contributed by atoms with Gasteiger partial charge in [-0.2, -0.15) is 0 Å². The maximum Gasteiger partial charge on any atom is 0.407 e. The molecular weight excluding hydrogens is 314 g/mol. The Kier molecular flexibility index (Phi) is 5.63. The number of nitrogens with one attached hydrogen (secondary N) is 1. The van der Waals surface area contributed by atoms with Crippen LogP contribution in [0.2, 0.25) is 0 Å². The van der Waals surface area contributed by atoms with Crippen molar-refractivity contribution in [1.82, 2.24) is 5.32 Å². The summed E-state index contributed by atoms with van der Waals surface area (Å²) in [6.07, 6.45) is 0.241. The summed E-state index contributed by atoms with van der Waals surface area (Å²) in [4.78, 5) is 11.5. The highest BCUT2D eigenvalue weighted by atomic mass is 35.5. The second-order valence-electron chi connectivity index (χ2n) is 8.08. The molecule has 0 spiro atoms. The van der Waals surface area contributed by atoms with Gasteiger partial charge in [-0.3, -0.25) is 0 Å². The second kappa shape index (κ2) is 6.60. The molecule has 0 unspecified atom stereocenters. The van der Waals surface area contributed by atoms with E-state index in [2.05, 4.69) is 52.9 Å². The summed E-state index contributed by atoms with van der Waals surface area (Å²) in [6, 6.07) is 3.89. The van der Waals surface area contributed by atoms with E-state index < -0.39 is 6.09 Å². The number of carbonyl (C=O) groups is 1. The number of hydrogen-bond acceptors (Lipinski definition) is 3. The molecular formula is C18H28ClNO3. The molecule has 1 amide bonds. The van der Waals surface area contributed by atoms with E-state index in [0.29, 0.717) is 13.0 Å². The van der Waals surface area contributed by atoms with E-state index in [-0.39, 0.29) is 35.0 Å². The largest absolute Gasteiger partial charge is 0.507 e. The average molecular weight is 342 g/mol. The Morgan fingerprint density at radius 1 is 1.13 bits per heavy atom. The molecule has 0 aromatic heterocycles. The van der Waals surface area contributed by atoms with Crippen LogP contribution in [-0.4, -0.2) is 17.8 Å². The third kappa shape index (κ3) is 4.31. The van der Waals surface area contributed by atoms with E-state index in [1.807, 2.05) is 6.07 Å². The summed E-state index contributed by atoms with van der Waals surface area (Å²) in [5.41, 5.74) is 2.66. The lowest BCUT2D eigenvalue weighted by Crippen LogP contribution is -2.35. The van der Waals surface area contributed by atoms with Crippen molar-refractivity contribution < 1.29 is 14.6 Å². The normalized spacial score (nSPS) is 18.7. The number of amides is 1. The SMILES string of the molecule is CC(C)(C)c1cc([C@H]2CCOC(=O)N2)c(O)c(C(C)(C)C)c1.Cl. The summed E-state index contributed by atoms with van der Waals surface area (Å²) in [6.45, 7) is 13.1. The molecule has 2 rings (SSSR count). The number of carbonyl (C=O) groups excluding carboxylic acids is 1. The van der Waals surface area contributed by atoms with Crippen LogP contribution in [-0.2, 0) is 15.6 Å². The molecule has 130 valence electrons. The quantitative estimate of drug-likeness (QED) is 0.786. The predicted octanol–water partition coefficient (Wildman–Crippen LogP) is 4.58. The van der Waals surface area contributed by atoms with Gasteiger partial charge in [-0.15, -0.1) is 12.4 Å². The molecule has 1 aromatic carbocycles. The van der Waals surface area contributed by atoms with Crippen molar-refractivity contribution in [2.75, 3.05) is 6.61 Å². The summed E-state index contributed by atoms with van der Waals surface area (Å²) in [5, 5.41) is 13.6. The average Bonchev–Trinajstić information content (AvgIpc) is 2.36. The highest BCUT2D eigenvalue weighted by Crippen LogP contribution is 2.40. The number of phenolic OH excluding ortho intramolecular Hbond substituents is 1. The predicted molar refractivity (Wildman–Crippen MR) is 94.6 cm³/mol. The molecule has 0 saturated carbocycles. The van der Waals surface area contributed by atoms with Crippen LogP contribution < -0.4 is 5.32 Å². The molecule has 1 atom stereocenters. The van der Waals surface area contributed by atoms with Crippen LogP contribution >= 0.6 is 12.4 Å². The standard InChI is InChI=1S/C18H27NO3.ClH/c1-17(2,3)11-9-12(14-7-8-22-16(21)19-14)15(20)13(10-11)18(4,5)6;/h9-10,14,20H,7-8H2,1-6H3,(H,19,21);1H/t14-;/m1./s1. The van der Waals surface area contributed by atoms with Crippen molar-refractivity contribution in [3.63, 3.8) is 0 Å². The minimum Gasteiger partial charge on any atom is -0.507 e. The zero-order valence-electron chi connectivity index (χ0n) is 14.8. The summed E-state index contributed by atoms with van der Waals surface area (Å²) in [5.74, 6) is 0.285. The molecule has 0 radical (unpaired) electrons. The molecule has 5 heteroatoms. The first kappa shape index (κ1) is 19.6. The van der Waals surface area contributed by atoms with E-state index in [1.165, 1.54) is 0 Å². The van der Waals surface area contributed by atoms with Gasteiger partial charge in [0.05, 0.1) is 12.6 Å². The van der Waals surface area contributed by atoms with E-state index in [0.717, 1.165) is 16.7 Å². The van der Waals surface area contributed by atoms with Gasteiger partial charge in [0.15, 0.2) is 0 Å². The molecule has 1 aliphatic heterocycles. The highest BCUT2D eigenvalue weighted by molar-refractivity contribution is 5.85. The number of benzene rings is 1. The smallest absolute Gasteiger partial charge is 0.407 e. The van der Waals surface area contributed by atoms with Gasteiger partial charge in [0.1, 0.15) is 5.75 Å². The van der Waals surface area contributed by atoms with Crippen LogP contribution in [0.3, 0.4) is 0 Å². The number of halogens is 1. The first-order valence-electron chi connectivity index (χ1n) is 7.81. The van der Waals surface area contributed by atoms with Crippen molar-refractivity contribution in [2.45, 2.75) is 64.8 Å². The Hall–Kier alpha value is -1.42. The number of hydrogen-bond donors (Lipinski definition) is 2. The first-order chi connectivity index (χ1) is 10.00. The van der Waals surface area contributed by atoms with Crippen LogP contribution in [0.15, 0.2) is 12.1 Å². The molecule has 1 saturated heterocycles. The summed E-state index contributed by atoms with van der Waals surface area (Å²) >= 11 is 0. The van der Waals surface area contributed by atoms with Crippen molar-refractivity contribution in [1.29, 1.82) is 0 Å². The fourth-order valence-electron chi connectivity index (χ4n) is 2.69. The minimum atomic E-state index is -0.422. The zero-order valence-corrected chi connectivity index (χ0v) is 15.6. The minimum absolute atomic E-state index is 0. The number of aromatic hydroxyl groups is 1. The Morgan fingerprint density at radius 3 is 2.22 bits per heavy atom. The van der Waals surface area contributed by atoms with Gasteiger partial charge in [0.2, 0.25) is 0 Å². The van der Waals surface area contributed by atoms with Crippen LogP contribution in [0.5, 0.6) is 5.75 Å². The number of rotatable bonds is 1. The Bertz CT molecular complexity index is 585. The van der Waals surface area contributed by atoms with Crippen LogP contribution in [0.4, 0.5) is 4.79 Å². The molecule has 0 bridgehead atoms. The molecule has 23 heavy (non-hydrogen) atoms. The lowest BCUT2D eigenvalue weighted by Gasteiger charge is -2.31. The first-order valence-corrected chi connectivity index (χ1v) is 7.81. The lowest BCUT2D eigenvalue weighted by molar-refractivity contribution is 0.115. The molecule has 2 N–H and O–H groups in total. The second-order valence-corrected chi connectivity index (χ2v) is 8.08. The Balaban J connectivity index is 0.00000264. The number of cyclic esters (lactones) is 1. The van der Waals surface area contributed by atoms with Gasteiger partial charge in [0.25, 0.3) is 0 Å². The fraction of sp³-hybridized carbons (Fsp3) is 0.611. The van der Waals surface area contributed by atoms with E-state index >= 15 is 0 Å². The maximum absolute atomic E-state index is 11.5. The fourth-order valence-corrected chi connectivity index (χ4v) is 2.69. The molecule has 1 aliphatic rings. The molecule has 1 fully saturated rings. The van der Waals surface area contributed by atoms with Gasteiger partial charge in [-0.05, 0) is 28.0 Å².